The number of rotatable bonds is 32. The Morgan fingerprint density at radius 3 is 1.18 bits per heavy atom. The second kappa shape index (κ2) is 32.9. The van der Waals surface area contributed by atoms with E-state index in [-0.39, 0.29) is 0 Å². The molecule has 0 aromatic heterocycles. The molecule has 2 unspecified atom stereocenters. The molecule has 0 N–H and O–H groups in total. The third kappa shape index (κ3) is 29.5. The molecular formula is C34H62O5. The summed E-state index contributed by atoms with van der Waals surface area (Å²) >= 11 is 0. The Hall–Kier alpha value is -1.30. The minimum atomic E-state index is -0.391. The molecule has 0 aliphatic heterocycles. The van der Waals surface area contributed by atoms with E-state index in [1.54, 1.807) is 0 Å². The van der Waals surface area contributed by atoms with Crippen LogP contribution in [-0.4, -0.2) is 38.4 Å². The third-order valence-corrected chi connectivity index (χ3v) is 6.80. The average molecular weight is 551 g/mol. The average Bonchev–Trinajstić information content (AvgIpc) is 2.94. The molecule has 0 heterocycles. The molecule has 0 bridgehead atoms. The van der Waals surface area contributed by atoms with Crippen LogP contribution in [0.1, 0.15) is 155 Å². The van der Waals surface area contributed by atoms with Crippen LogP contribution in [0.5, 0.6) is 0 Å². The van der Waals surface area contributed by atoms with Gasteiger partial charge in [-0.25, -0.2) is 0 Å². The molecule has 5 heteroatoms. The highest BCUT2D eigenvalue weighted by Gasteiger charge is 2.13. The summed E-state index contributed by atoms with van der Waals surface area (Å²) in [6, 6.07) is 0. The van der Waals surface area contributed by atoms with Crippen LogP contribution < -0.4 is 0 Å². The summed E-state index contributed by atoms with van der Waals surface area (Å²) in [4.78, 5) is 20.8. The lowest BCUT2D eigenvalue weighted by molar-refractivity contribution is -0.208. The summed E-state index contributed by atoms with van der Waals surface area (Å²) in [6.45, 7) is 5.80. The van der Waals surface area contributed by atoms with Crippen molar-refractivity contribution in [3.05, 3.63) is 24.3 Å². The molecule has 228 valence electrons. The Bertz CT molecular complexity index is 512. The van der Waals surface area contributed by atoms with Crippen molar-refractivity contribution in [1.29, 1.82) is 0 Å². The van der Waals surface area contributed by atoms with Gasteiger partial charge in [0.1, 0.15) is 12.6 Å². The molecule has 2 atom stereocenters. The summed E-state index contributed by atoms with van der Waals surface area (Å²) in [7, 11) is 0. The summed E-state index contributed by atoms with van der Waals surface area (Å²) in [5, 5.41) is 0. The number of aldehydes is 2. The number of carbonyl (C=O) groups excluding carboxylic acids is 2. The van der Waals surface area contributed by atoms with E-state index >= 15 is 0 Å². The number of hydrogen-bond acceptors (Lipinski definition) is 5. The molecule has 0 spiro atoms. The van der Waals surface area contributed by atoms with E-state index in [0.717, 1.165) is 76.8 Å². The SMILES string of the molecule is CCCCCOC(C=CCCCCCCCCC=O)OC(C=CCCCCCCCCC=O)OCCCCC. The molecular weight excluding hydrogens is 488 g/mol. The first kappa shape index (κ1) is 37.7. The molecule has 5 nitrogen and oxygen atoms in total. The zero-order valence-corrected chi connectivity index (χ0v) is 25.6. The molecule has 0 saturated carbocycles. The fourth-order valence-corrected chi connectivity index (χ4v) is 4.32. The fourth-order valence-electron chi connectivity index (χ4n) is 4.32. The maximum Gasteiger partial charge on any atom is 0.180 e. The van der Waals surface area contributed by atoms with Crippen LogP contribution in [0.15, 0.2) is 24.3 Å². The molecule has 0 radical (unpaired) electrons. The Balaban J connectivity index is 4.62. The van der Waals surface area contributed by atoms with Crippen LogP contribution in [0.3, 0.4) is 0 Å². The highest BCUT2D eigenvalue weighted by molar-refractivity contribution is 5.49. The summed E-state index contributed by atoms with van der Waals surface area (Å²) in [5.41, 5.74) is 0. The Labute approximate surface area is 241 Å². The van der Waals surface area contributed by atoms with Gasteiger partial charge in [-0.2, -0.15) is 0 Å². The molecule has 0 saturated heterocycles. The lowest BCUT2D eigenvalue weighted by atomic mass is 10.1. The van der Waals surface area contributed by atoms with E-state index in [1.807, 2.05) is 0 Å². The quantitative estimate of drug-likeness (QED) is 0.0361. The van der Waals surface area contributed by atoms with Crippen molar-refractivity contribution in [1.82, 2.24) is 0 Å². The van der Waals surface area contributed by atoms with Gasteiger partial charge in [0.2, 0.25) is 0 Å². The zero-order chi connectivity index (χ0) is 28.5. The van der Waals surface area contributed by atoms with Crippen molar-refractivity contribution in [2.75, 3.05) is 13.2 Å². The smallest absolute Gasteiger partial charge is 0.180 e. The lowest BCUT2D eigenvalue weighted by Gasteiger charge is -2.21. The van der Waals surface area contributed by atoms with E-state index < -0.39 is 12.6 Å². The van der Waals surface area contributed by atoms with Crippen LogP contribution in [0.4, 0.5) is 0 Å². The summed E-state index contributed by atoms with van der Waals surface area (Å²) < 4.78 is 18.5. The van der Waals surface area contributed by atoms with Gasteiger partial charge in [-0.05, 0) is 63.5 Å². The monoisotopic (exact) mass is 550 g/mol. The van der Waals surface area contributed by atoms with E-state index in [9.17, 15) is 9.59 Å². The van der Waals surface area contributed by atoms with E-state index in [2.05, 4.69) is 38.2 Å². The fraction of sp³-hybridized carbons (Fsp3) is 0.824. The highest BCUT2D eigenvalue weighted by atomic mass is 16.8. The van der Waals surface area contributed by atoms with E-state index in [0.29, 0.717) is 26.1 Å². The van der Waals surface area contributed by atoms with Gasteiger partial charge in [0.15, 0.2) is 12.6 Å². The number of allylic oxidation sites excluding steroid dienone is 2. The van der Waals surface area contributed by atoms with Crippen molar-refractivity contribution in [3.63, 3.8) is 0 Å². The van der Waals surface area contributed by atoms with Gasteiger partial charge in [-0.3, -0.25) is 0 Å². The van der Waals surface area contributed by atoms with Gasteiger partial charge < -0.3 is 23.8 Å². The van der Waals surface area contributed by atoms with Gasteiger partial charge in [0.25, 0.3) is 0 Å². The predicted octanol–water partition coefficient (Wildman–Crippen LogP) is 9.82. The predicted molar refractivity (Wildman–Crippen MR) is 164 cm³/mol. The molecule has 0 aromatic carbocycles. The molecule has 0 amide bonds. The maximum absolute atomic E-state index is 10.4. The first-order valence-corrected chi connectivity index (χ1v) is 16.4. The Morgan fingerprint density at radius 1 is 0.462 bits per heavy atom. The van der Waals surface area contributed by atoms with Crippen molar-refractivity contribution < 1.29 is 23.8 Å². The van der Waals surface area contributed by atoms with Crippen LogP contribution in [0.25, 0.3) is 0 Å². The lowest BCUT2D eigenvalue weighted by Crippen LogP contribution is -2.25. The van der Waals surface area contributed by atoms with E-state index in [1.165, 1.54) is 64.2 Å². The van der Waals surface area contributed by atoms with Crippen LogP contribution in [-0.2, 0) is 23.8 Å². The highest BCUT2D eigenvalue weighted by Crippen LogP contribution is 2.13. The number of hydrogen-bond donors (Lipinski definition) is 0. The van der Waals surface area contributed by atoms with Crippen molar-refractivity contribution in [2.45, 2.75) is 168 Å². The van der Waals surface area contributed by atoms with Crippen LogP contribution in [0, 0.1) is 0 Å². The second-order valence-corrected chi connectivity index (χ2v) is 10.6. The van der Waals surface area contributed by atoms with Gasteiger partial charge in [0.05, 0.1) is 13.2 Å². The number of carbonyl (C=O) groups is 2. The summed E-state index contributed by atoms with van der Waals surface area (Å²) in [6.07, 6.45) is 34.0. The van der Waals surface area contributed by atoms with Crippen molar-refractivity contribution >= 4 is 12.6 Å². The van der Waals surface area contributed by atoms with E-state index in [4.69, 9.17) is 14.2 Å². The van der Waals surface area contributed by atoms with Gasteiger partial charge in [-0.1, -0.05) is 103 Å². The van der Waals surface area contributed by atoms with Crippen molar-refractivity contribution in [2.24, 2.45) is 0 Å². The number of unbranched alkanes of at least 4 members (excludes halogenated alkanes) is 18. The third-order valence-electron chi connectivity index (χ3n) is 6.80. The first-order chi connectivity index (χ1) is 19.3. The van der Waals surface area contributed by atoms with Gasteiger partial charge >= 0.3 is 0 Å². The number of ether oxygens (including phenoxy) is 3. The van der Waals surface area contributed by atoms with Crippen molar-refractivity contribution in [3.8, 4) is 0 Å². The Morgan fingerprint density at radius 2 is 0.821 bits per heavy atom. The minimum Gasteiger partial charge on any atom is -0.349 e. The molecule has 0 aliphatic carbocycles. The minimum absolute atomic E-state index is 0.391. The normalized spacial score (nSPS) is 13.4. The standard InChI is InChI=1S/C34H62O5/c1-3-5-25-31-37-33(27-21-17-13-9-7-11-15-19-23-29-35)39-34(38-32-26-6-4-2)28-22-18-14-10-8-12-16-20-24-30-36/h21-22,27-30,33-34H,3-20,23-26,31-32H2,1-2H3. The molecule has 0 aromatic rings. The Kier molecular flexibility index (Phi) is 31.8. The summed E-state index contributed by atoms with van der Waals surface area (Å²) in [5.74, 6) is 0. The van der Waals surface area contributed by atoms with Crippen LogP contribution >= 0.6 is 0 Å². The van der Waals surface area contributed by atoms with Gasteiger partial charge in [-0.15, -0.1) is 0 Å². The maximum atomic E-state index is 10.4. The molecule has 0 rings (SSSR count). The molecule has 0 fully saturated rings. The zero-order valence-electron chi connectivity index (χ0n) is 25.6. The topological polar surface area (TPSA) is 61.8 Å². The molecule has 39 heavy (non-hydrogen) atoms. The largest absolute Gasteiger partial charge is 0.349 e. The molecule has 0 aliphatic rings. The second-order valence-electron chi connectivity index (χ2n) is 10.6. The van der Waals surface area contributed by atoms with Gasteiger partial charge in [0, 0.05) is 12.8 Å². The first-order valence-electron chi connectivity index (χ1n) is 16.4. The van der Waals surface area contributed by atoms with Crippen LogP contribution in [0.2, 0.25) is 0 Å².